The molecule has 7 heteroatoms. The lowest BCUT2D eigenvalue weighted by Crippen LogP contribution is -2.31. The van der Waals surface area contributed by atoms with E-state index in [2.05, 4.69) is 39.4 Å². The highest BCUT2D eigenvalue weighted by molar-refractivity contribution is 5.95. The fourth-order valence-electron chi connectivity index (χ4n) is 3.31. The summed E-state index contributed by atoms with van der Waals surface area (Å²) in [6, 6.07) is 22.1. The number of ether oxygens (including phenoxy) is 1. The summed E-state index contributed by atoms with van der Waals surface area (Å²) in [4.78, 5) is 0. The van der Waals surface area contributed by atoms with Gasteiger partial charge in [-0.2, -0.15) is 5.10 Å². The van der Waals surface area contributed by atoms with Gasteiger partial charge in [-0.05, 0) is 42.0 Å². The van der Waals surface area contributed by atoms with E-state index in [0.29, 0.717) is 12.3 Å². The van der Waals surface area contributed by atoms with Crippen molar-refractivity contribution in [2.45, 2.75) is 6.54 Å². The number of furan rings is 1. The third-order valence-electron chi connectivity index (χ3n) is 4.65. The van der Waals surface area contributed by atoms with Gasteiger partial charge in [0, 0.05) is 16.6 Å². The van der Waals surface area contributed by atoms with Gasteiger partial charge in [0.25, 0.3) is 0 Å². The van der Waals surface area contributed by atoms with Crippen LogP contribution in [0.3, 0.4) is 0 Å². The number of rotatable bonds is 5. The first kappa shape index (κ1) is 17.7. The summed E-state index contributed by atoms with van der Waals surface area (Å²) >= 11 is 0. The molecular formula is C21H21N5O2. The minimum absolute atomic E-state index is 0.289. The standard InChI is InChI=1S/C21H21N5O2/c1-27-16-7-9-18-15(11-16)12-19(14-5-3-2-4-6-14)26(18)13-17-8-10-20(28-17)21(24-22)25-23/h2-12H,13,22-23H2,1H3,(H,24,25). The van der Waals surface area contributed by atoms with Crippen molar-refractivity contribution in [1.29, 1.82) is 0 Å². The maximum absolute atomic E-state index is 5.89. The van der Waals surface area contributed by atoms with E-state index >= 15 is 0 Å². The summed E-state index contributed by atoms with van der Waals surface area (Å²) in [7, 11) is 1.67. The minimum atomic E-state index is 0.289. The van der Waals surface area contributed by atoms with Gasteiger partial charge in [0.15, 0.2) is 5.76 Å². The van der Waals surface area contributed by atoms with Crippen LogP contribution >= 0.6 is 0 Å². The second kappa shape index (κ2) is 7.50. The van der Waals surface area contributed by atoms with Gasteiger partial charge in [-0.15, -0.1) is 0 Å². The Labute approximate surface area is 162 Å². The Hall–Kier alpha value is -3.71. The fraction of sp³-hybridized carbons (Fsp3) is 0.0952. The number of fused-ring (bicyclic) bond motifs is 1. The smallest absolute Gasteiger partial charge is 0.202 e. The second-order valence-corrected chi connectivity index (χ2v) is 6.29. The van der Waals surface area contributed by atoms with Crippen molar-refractivity contribution < 1.29 is 9.15 Å². The topological polar surface area (TPSA) is 104 Å². The molecule has 2 aromatic carbocycles. The summed E-state index contributed by atoms with van der Waals surface area (Å²) in [6.45, 7) is 0.544. The Morgan fingerprint density at radius 2 is 1.93 bits per heavy atom. The number of hydrazone groups is 1. The molecule has 0 saturated carbocycles. The van der Waals surface area contributed by atoms with Crippen molar-refractivity contribution in [2.24, 2.45) is 16.8 Å². The lowest BCUT2D eigenvalue weighted by molar-refractivity contribution is 0.415. The highest BCUT2D eigenvalue weighted by Gasteiger charge is 2.14. The van der Waals surface area contributed by atoms with E-state index in [1.807, 2.05) is 36.4 Å². The Morgan fingerprint density at radius 3 is 2.64 bits per heavy atom. The number of hydrogen-bond donors (Lipinski definition) is 3. The van der Waals surface area contributed by atoms with E-state index < -0.39 is 0 Å². The Bertz CT molecular complexity index is 1130. The lowest BCUT2D eigenvalue weighted by atomic mass is 10.1. The first-order chi connectivity index (χ1) is 13.7. The lowest BCUT2D eigenvalue weighted by Gasteiger charge is -2.10. The minimum Gasteiger partial charge on any atom is -0.497 e. The fourth-order valence-corrected chi connectivity index (χ4v) is 3.31. The third-order valence-corrected chi connectivity index (χ3v) is 4.65. The van der Waals surface area contributed by atoms with Crippen molar-refractivity contribution in [3.05, 3.63) is 78.3 Å². The number of amidine groups is 1. The molecule has 0 fully saturated rings. The SMILES string of the molecule is COc1ccc2c(c1)cc(-c1ccccc1)n2Cc1ccc(/C(=N/N)NN)o1. The van der Waals surface area contributed by atoms with E-state index in [1.54, 1.807) is 13.2 Å². The van der Waals surface area contributed by atoms with Crippen LogP contribution in [0.2, 0.25) is 0 Å². The Kier molecular flexibility index (Phi) is 4.74. The number of hydrazine groups is 1. The van der Waals surface area contributed by atoms with E-state index in [-0.39, 0.29) is 5.84 Å². The molecule has 7 nitrogen and oxygen atoms in total. The largest absolute Gasteiger partial charge is 0.497 e. The predicted octanol–water partition coefficient (Wildman–Crippen LogP) is 3.04. The first-order valence-electron chi connectivity index (χ1n) is 8.79. The molecule has 0 bridgehead atoms. The average molecular weight is 375 g/mol. The zero-order chi connectivity index (χ0) is 19.5. The van der Waals surface area contributed by atoms with E-state index in [0.717, 1.165) is 33.7 Å². The highest BCUT2D eigenvalue weighted by atomic mass is 16.5. The van der Waals surface area contributed by atoms with Gasteiger partial charge in [0.05, 0.1) is 13.7 Å². The van der Waals surface area contributed by atoms with Crippen LogP contribution < -0.4 is 21.8 Å². The quantitative estimate of drug-likeness (QED) is 0.215. The molecule has 2 aromatic heterocycles. The zero-order valence-corrected chi connectivity index (χ0v) is 15.4. The molecule has 0 unspecified atom stereocenters. The highest BCUT2D eigenvalue weighted by Crippen LogP contribution is 2.31. The summed E-state index contributed by atoms with van der Waals surface area (Å²) in [5, 5.41) is 4.68. The van der Waals surface area contributed by atoms with Gasteiger partial charge in [-0.25, -0.2) is 5.84 Å². The normalized spacial score (nSPS) is 11.7. The van der Waals surface area contributed by atoms with Gasteiger partial charge in [-0.1, -0.05) is 30.3 Å². The molecule has 0 radical (unpaired) electrons. The number of nitrogens with zero attached hydrogens (tertiary/aromatic N) is 2. The van der Waals surface area contributed by atoms with Gasteiger partial charge in [0.2, 0.25) is 5.84 Å². The molecule has 2 heterocycles. The van der Waals surface area contributed by atoms with E-state index in [9.17, 15) is 0 Å². The van der Waals surface area contributed by atoms with Crippen molar-refractivity contribution in [1.82, 2.24) is 9.99 Å². The third kappa shape index (κ3) is 3.19. The summed E-state index contributed by atoms with van der Waals surface area (Å²) < 4.78 is 13.5. The molecule has 0 aliphatic carbocycles. The zero-order valence-electron chi connectivity index (χ0n) is 15.4. The number of benzene rings is 2. The molecule has 4 rings (SSSR count). The first-order valence-corrected chi connectivity index (χ1v) is 8.79. The maximum Gasteiger partial charge on any atom is 0.202 e. The molecule has 0 spiro atoms. The van der Waals surface area contributed by atoms with Gasteiger partial charge >= 0.3 is 0 Å². The van der Waals surface area contributed by atoms with E-state index in [1.165, 1.54) is 0 Å². The summed E-state index contributed by atoms with van der Waals surface area (Å²) in [5.41, 5.74) is 5.73. The van der Waals surface area contributed by atoms with Crippen LogP contribution in [-0.4, -0.2) is 17.5 Å². The van der Waals surface area contributed by atoms with Crippen LogP contribution in [0.25, 0.3) is 22.2 Å². The van der Waals surface area contributed by atoms with Gasteiger partial charge in [-0.3, -0.25) is 0 Å². The number of methoxy groups -OCH3 is 1. The molecule has 142 valence electrons. The number of hydrogen-bond acceptors (Lipinski definition) is 5. The van der Waals surface area contributed by atoms with Crippen molar-refractivity contribution in [2.75, 3.05) is 7.11 Å². The van der Waals surface area contributed by atoms with Crippen LogP contribution in [0.15, 0.2) is 76.2 Å². The Balaban J connectivity index is 1.81. The number of aromatic nitrogens is 1. The summed E-state index contributed by atoms with van der Waals surface area (Å²) in [6.07, 6.45) is 0. The molecule has 28 heavy (non-hydrogen) atoms. The molecule has 0 saturated heterocycles. The molecule has 0 atom stereocenters. The molecule has 0 aliphatic rings. The van der Waals surface area contributed by atoms with Crippen molar-refractivity contribution in [3.63, 3.8) is 0 Å². The van der Waals surface area contributed by atoms with Crippen LogP contribution in [0.1, 0.15) is 11.5 Å². The van der Waals surface area contributed by atoms with E-state index in [4.69, 9.17) is 20.8 Å². The monoisotopic (exact) mass is 375 g/mol. The molecular weight excluding hydrogens is 354 g/mol. The summed E-state index contributed by atoms with van der Waals surface area (Å²) in [5.74, 6) is 13.1. The van der Waals surface area contributed by atoms with Crippen molar-refractivity contribution in [3.8, 4) is 17.0 Å². The number of nitrogens with two attached hydrogens (primary N) is 2. The second-order valence-electron chi connectivity index (χ2n) is 6.29. The Morgan fingerprint density at radius 1 is 1.11 bits per heavy atom. The molecule has 0 amide bonds. The number of nitrogens with one attached hydrogen (secondary N) is 1. The van der Waals surface area contributed by atoms with Crippen molar-refractivity contribution >= 4 is 16.7 Å². The molecule has 5 N–H and O–H groups in total. The van der Waals surface area contributed by atoms with Crippen LogP contribution in [-0.2, 0) is 6.54 Å². The van der Waals surface area contributed by atoms with Gasteiger partial charge < -0.3 is 25.0 Å². The predicted molar refractivity (Wildman–Crippen MR) is 110 cm³/mol. The van der Waals surface area contributed by atoms with Gasteiger partial charge in [0.1, 0.15) is 11.5 Å². The molecule has 4 aromatic rings. The molecule has 0 aliphatic heterocycles. The van der Waals surface area contributed by atoms with Crippen LogP contribution in [0.4, 0.5) is 0 Å². The maximum atomic E-state index is 5.89. The average Bonchev–Trinajstić information content (AvgIpc) is 3.34. The van der Waals surface area contributed by atoms with Crippen LogP contribution in [0, 0.1) is 0 Å². The van der Waals surface area contributed by atoms with Crippen LogP contribution in [0.5, 0.6) is 5.75 Å².